The van der Waals surface area contributed by atoms with Gasteiger partial charge in [-0.1, -0.05) is 36.4 Å². The number of fused-ring (bicyclic) bond motifs is 1. The fraction of sp³-hybridized carbons (Fsp3) is 0.0526. The molecule has 0 unspecified atom stereocenters. The van der Waals surface area contributed by atoms with Gasteiger partial charge in [0.15, 0.2) is 0 Å². The molecule has 3 heteroatoms. The fourth-order valence-corrected chi connectivity index (χ4v) is 2.59. The topological polar surface area (TPSA) is 56.8 Å². The highest BCUT2D eigenvalue weighted by Crippen LogP contribution is 2.34. The molecule has 1 heterocycles. The molecule has 0 radical (unpaired) electrons. The zero-order valence-electron chi connectivity index (χ0n) is 12.0. The summed E-state index contributed by atoms with van der Waals surface area (Å²) in [6.07, 6.45) is 3.17. The second-order valence-electron chi connectivity index (χ2n) is 4.93. The van der Waals surface area contributed by atoms with Gasteiger partial charge in [-0.15, -0.1) is 0 Å². The second-order valence-corrected chi connectivity index (χ2v) is 4.93. The summed E-state index contributed by atoms with van der Waals surface area (Å²) in [7, 11) is 0. The molecule has 3 rings (SSSR count). The van der Waals surface area contributed by atoms with Crippen LogP contribution in [0.5, 0.6) is 0 Å². The normalized spacial score (nSPS) is 13.5. The maximum atomic E-state index is 9.17. The highest BCUT2D eigenvalue weighted by molar-refractivity contribution is 5.92. The maximum absolute atomic E-state index is 9.17. The van der Waals surface area contributed by atoms with Gasteiger partial charge in [-0.3, -0.25) is 0 Å². The molecule has 2 aromatic rings. The first kappa shape index (κ1) is 13.7. The molecule has 0 spiro atoms. The third-order valence-electron chi connectivity index (χ3n) is 3.63. The predicted octanol–water partition coefficient (Wildman–Crippen LogP) is 4.46. The van der Waals surface area contributed by atoms with Gasteiger partial charge in [0.1, 0.15) is 23.5 Å². The van der Waals surface area contributed by atoms with Gasteiger partial charge in [0.05, 0.1) is 6.26 Å². The minimum atomic E-state index is 0.0852. The Balaban J connectivity index is 2.25. The highest BCUT2D eigenvalue weighted by Gasteiger charge is 2.18. The van der Waals surface area contributed by atoms with E-state index >= 15 is 0 Å². The van der Waals surface area contributed by atoms with E-state index in [0.29, 0.717) is 11.3 Å². The quantitative estimate of drug-likeness (QED) is 0.726. The van der Waals surface area contributed by atoms with E-state index in [4.69, 9.17) is 4.74 Å². The molecule has 0 bridgehead atoms. The van der Waals surface area contributed by atoms with Gasteiger partial charge in [0, 0.05) is 11.1 Å². The van der Waals surface area contributed by atoms with E-state index in [1.54, 1.807) is 6.08 Å². The molecule has 0 aliphatic carbocycles. The Kier molecular flexibility index (Phi) is 3.48. The largest absolute Gasteiger partial charge is 0.469 e. The van der Waals surface area contributed by atoms with E-state index in [9.17, 15) is 10.5 Å². The molecule has 2 aromatic carbocycles. The monoisotopic (exact) mass is 284 g/mol. The van der Waals surface area contributed by atoms with Crippen molar-refractivity contribution in [3.05, 3.63) is 77.3 Å². The van der Waals surface area contributed by atoms with Crippen LogP contribution in [0.3, 0.4) is 0 Å². The molecule has 1 aliphatic rings. The van der Waals surface area contributed by atoms with Crippen LogP contribution < -0.4 is 0 Å². The van der Waals surface area contributed by atoms with Gasteiger partial charge in [-0.05, 0) is 35.4 Å². The Labute approximate surface area is 128 Å². The van der Waals surface area contributed by atoms with Gasteiger partial charge in [-0.2, -0.15) is 10.5 Å². The summed E-state index contributed by atoms with van der Waals surface area (Å²) >= 11 is 0. The van der Waals surface area contributed by atoms with Gasteiger partial charge < -0.3 is 4.74 Å². The molecule has 0 saturated heterocycles. The molecule has 0 N–H and O–H groups in total. The summed E-state index contributed by atoms with van der Waals surface area (Å²) in [6, 6.07) is 18.0. The molecule has 0 amide bonds. The highest BCUT2D eigenvalue weighted by atomic mass is 16.5. The Morgan fingerprint density at radius 3 is 2.45 bits per heavy atom. The first-order valence-corrected chi connectivity index (χ1v) is 6.82. The van der Waals surface area contributed by atoms with Crippen LogP contribution in [0.1, 0.15) is 12.5 Å². The lowest BCUT2D eigenvalue weighted by atomic mass is 9.91. The molecule has 1 aliphatic heterocycles. The summed E-state index contributed by atoms with van der Waals surface area (Å²) in [4.78, 5) is 0. The van der Waals surface area contributed by atoms with Crippen molar-refractivity contribution in [3.63, 3.8) is 0 Å². The Hall–Kier alpha value is -3.30. The number of ether oxygens (including phenoxy) is 1. The van der Waals surface area contributed by atoms with Crippen molar-refractivity contribution in [2.45, 2.75) is 6.92 Å². The van der Waals surface area contributed by atoms with Crippen LogP contribution >= 0.6 is 0 Å². The number of hydrogen-bond acceptors (Lipinski definition) is 3. The molecule has 0 atom stereocenters. The SMILES string of the molecule is CC1=C(c2ccc3ccccc3c2)C(=C(C#N)C#N)C=CO1. The zero-order chi connectivity index (χ0) is 15.5. The van der Waals surface area contributed by atoms with E-state index in [1.165, 1.54) is 6.26 Å². The minimum absolute atomic E-state index is 0.0852. The number of benzene rings is 2. The van der Waals surface area contributed by atoms with Crippen molar-refractivity contribution >= 4 is 16.3 Å². The van der Waals surface area contributed by atoms with Crippen LogP contribution in [-0.2, 0) is 4.74 Å². The number of hydrogen-bond donors (Lipinski definition) is 0. The van der Waals surface area contributed by atoms with Gasteiger partial charge in [0.2, 0.25) is 0 Å². The minimum Gasteiger partial charge on any atom is -0.469 e. The van der Waals surface area contributed by atoms with E-state index in [1.807, 2.05) is 61.5 Å². The molecular weight excluding hydrogens is 272 g/mol. The summed E-state index contributed by atoms with van der Waals surface area (Å²) in [5.74, 6) is 0.677. The van der Waals surface area contributed by atoms with Crippen molar-refractivity contribution in [2.75, 3.05) is 0 Å². The van der Waals surface area contributed by atoms with Gasteiger partial charge in [0.25, 0.3) is 0 Å². The first-order valence-electron chi connectivity index (χ1n) is 6.82. The molecule has 22 heavy (non-hydrogen) atoms. The van der Waals surface area contributed by atoms with Crippen LogP contribution in [0.4, 0.5) is 0 Å². The average molecular weight is 284 g/mol. The number of rotatable bonds is 1. The smallest absolute Gasteiger partial charge is 0.137 e. The zero-order valence-corrected chi connectivity index (χ0v) is 12.0. The third-order valence-corrected chi connectivity index (χ3v) is 3.63. The van der Waals surface area contributed by atoms with E-state index in [2.05, 4.69) is 0 Å². The summed E-state index contributed by atoms with van der Waals surface area (Å²) in [6.45, 7) is 1.83. The summed E-state index contributed by atoms with van der Waals surface area (Å²) in [5, 5.41) is 20.6. The molecule has 104 valence electrons. The lowest BCUT2D eigenvalue weighted by molar-refractivity contribution is 0.352. The van der Waals surface area contributed by atoms with Gasteiger partial charge in [-0.25, -0.2) is 0 Å². The standard InChI is InChI=1S/C19H12N2O/c1-13-19(18(8-9-22-13)17(11-20)12-21)16-7-6-14-4-2-3-5-15(14)10-16/h2-10H,1H3. The number of allylic oxidation sites excluding steroid dienone is 5. The summed E-state index contributed by atoms with van der Waals surface area (Å²) < 4.78 is 5.47. The van der Waals surface area contributed by atoms with E-state index in [-0.39, 0.29) is 5.57 Å². The average Bonchev–Trinajstić information content (AvgIpc) is 2.56. The molecule has 0 fully saturated rings. The number of nitrogens with zero attached hydrogens (tertiary/aromatic N) is 2. The van der Waals surface area contributed by atoms with E-state index in [0.717, 1.165) is 21.9 Å². The molecule has 0 saturated carbocycles. The maximum Gasteiger partial charge on any atom is 0.137 e. The second kappa shape index (κ2) is 5.60. The third kappa shape index (κ3) is 2.26. The van der Waals surface area contributed by atoms with Crippen molar-refractivity contribution in [1.29, 1.82) is 10.5 Å². The number of nitriles is 2. The van der Waals surface area contributed by atoms with Crippen LogP contribution in [0, 0.1) is 22.7 Å². The lowest BCUT2D eigenvalue weighted by Gasteiger charge is -2.18. The molecule has 0 aromatic heterocycles. The van der Waals surface area contributed by atoms with Crippen molar-refractivity contribution in [1.82, 2.24) is 0 Å². The van der Waals surface area contributed by atoms with Crippen molar-refractivity contribution in [3.8, 4) is 12.1 Å². The van der Waals surface area contributed by atoms with E-state index < -0.39 is 0 Å². The van der Waals surface area contributed by atoms with Crippen LogP contribution in [0.25, 0.3) is 16.3 Å². The molecular formula is C19H12N2O. The van der Waals surface area contributed by atoms with Crippen LogP contribution in [0.2, 0.25) is 0 Å². The van der Waals surface area contributed by atoms with Gasteiger partial charge >= 0.3 is 0 Å². The Bertz CT molecular complexity index is 918. The Morgan fingerprint density at radius 2 is 1.73 bits per heavy atom. The van der Waals surface area contributed by atoms with Crippen LogP contribution in [0.15, 0.2) is 71.7 Å². The fourth-order valence-electron chi connectivity index (χ4n) is 2.59. The first-order chi connectivity index (χ1) is 10.7. The summed E-state index contributed by atoms with van der Waals surface area (Å²) in [5.41, 5.74) is 2.40. The Morgan fingerprint density at radius 1 is 1.00 bits per heavy atom. The molecule has 3 nitrogen and oxygen atoms in total. The van der Waals surface area contributed by atoms with Crippen molar-refractivity contribution in [2.24, 2.45) is 0 Å². The van der Waals surface area contributed by atoms with Crippen LogP contribution in [-0.4, -0.2) is 0 Å². The predicted molar refractivity (Wildman–Crippen MR) is 85.0 cm³/mol. The lowest BCUT2D eigenvalue weighted by Crippen LogP contribution is -2.01. The van der Waals surface area contributed by atoms with Crippen molar-refractivity contribution < 1.29 is 4.74 Å².